The van der Waals surface area contributed by atoms with E-state index in [4.69, 9.17) is 4.98 Å². The lowest BCUT2D eigenvalue weighted by molar-refractivity contribution is -0.115. The van der Waals surface area contributed by atoms with Crippen LogP contribution in [-0.4, -0.2) is 41.0 Å². The van der Waals surface area contributed by atoms with Crippen molar-refractivity contribution in [3.63, 3.8) is 0 Å². The Bertz CT molecular complexity index is 1710. The standard InChI is InChI=1S/C24H17FN8OS/c1-2-18(34)29-13-6-12(7-26-8-13)21-20(25)19-15(11-28-21)32-33-23(19)24-30-16-10-27-9-14(22(16)31-24)17-4-3-5-35-17/h3-11H,2H2,1H3,(H,29,34)(H,30,31)(H,32,33). The highest BCUT2D eigenvalue weighted by Gasteiger charge is 2.21. The fourth-order valence-corrected chi connectivity index (χ4v) is 4.63. The monoisotopic (exact) mass is 484 g/mol. The van der Waals surface area contributed by atoms with E-state index in [1.807, 2.05) is 17.5 Å². The number of fused-ring (bicyclic) bond motifs is 2. The van der Waals surface area contributed by atoms with E-state index >= 15 is 4.39 Å². The highest BCUT2D eigenvalue weighted by molar-refractivity contribution is 7.13. The van der Waals surface area contributed by atoms with Crippen LogP contribution in [0, 0.1) is 5.82 Å². The van der Waals surface area contributed by atoms with E-state index in [-0.39, 0.29) is 17.0 Å². The normalized spacial score (nSPS) is 11.4. The van der Waals surface area contributed by atoms with Crippen LogP contribution in [-0.2, 0) is 4.79 Å². The van der Waals surface area contributed by atoms with Crippen LogP contribution in [0.3, 0.4) is 0 Å². The summed E-state index contributed by atoms with van der Waals surface area (Å²) in [6.45, 7) is 1.75. The molecule has 0 unspecified atom stereocenters. The van der Waals surface area contributed by atoms with Crippen molar-refractivity contribution in [3.8, 4) is 33.2 Å². The maximum absolute atomic E-state index is 15.9. The molecule has 0 aliphatic rings. The number of hydrogen-bond donors (Lipinski definition) is 3. The van der Waals surface area contributed by atoms with E-state index in [1.54, 1.807) is 36.7 Å². The number of anilines is 1. The van der Waals surface area contributed by atoms with Crippen LogP contribution in [0.15, 0.2) is 54.6 Å². The molecule has 9 nitrogen and oxygen atoms in total. The molecule has 0 spiro atoms. The number of H-pyrrole nitrogens is 2. The van der Waals surface area contributed by atoms with Crippen LogP contribution in [0.25, 0.3) is 55.2 Å². The molecule has 0 bridgehead atoms. The van der Waals surface area contributed by atoms with Gasteiger partial charge in [-0.2, -0.15) is 5.10 Å². The van der Waals surface area contributed by atoms with Gasteiger partial charge < -0.3 is 10.3 Å². The highest BCUT2D eigenvalue weighted by Crippen LogP contribution is 2.35. The fraction of sp³-hybridized carbons (Fsp3) is 0.0833. The van der Waals surface area contributed by atoms with Crippen molar-refractivity contribution in [3.05, 3.63) is 60.4 Å². The zero-order chi connectivity index (χ0) is 23.9. The summed E-state index contributed by atoms with van der Waals surface area (Å²) in [6.07, 6.45) is 8.29. The predicted octanol–water partition coefficient (Wildman–Crippen LogP) is 5.17. The third kappa shape index (κ3) is 3.62. The summed E-state index contributed by atoms with van der Waals surface area (Å²) < 4.78 is 15.9. The molecule has 1 amide bonds. The van der Waals surface area contributed by atoms with Gasteiger partial charge in [-0.1, -0.05) is 13.0 Å². The number of aromatic amines is 2. The van der Waals surface area contributed by atoms with E-state index in [2.05, 4.69) is 35.5 Å². The minimum Gasteiger partial charge on any atom is -0.335 e. The van der Waals surface area contributed by atoms with E-state index in [0.717, 1.165) is 21.5 Å². The average Bonchev–Trinajstić information content (AvgIpc) is 3.63. The molecule has 0 aromatic carbocycles. The van der Waals surface area contributed by atoms with Gasteiger partial charge in [-0.15, -0.1) is 11.3 Å². The van der Waals surface area contributed by atoms with Crippen molar-refractivity contribution < 1.29 is 9.18 Å². The number of halogens is 1. The first-order valence-electron chi connectivity index (χ1n) is 10.8. The topological polar surface area (TPSA) is 125 Å². The Kier molecular flexibility index (Phi) is 5.03. The first-order valence-corrected chi connectivity index (χ1v) is 11.7. The lowest BCUT2D eigenvalue weighted by Crippen LogP contribution is -2.09. The molecule has 0 radical (unpaired) electrons. The molecule has 6 heterocycles. The summed E-state index contributed by atoms with van der Waals surface area (Å²) in [4.78, 5) is 33.5. The summed E-state index contributed by atoms with van der Waals surface area (Å²) in [5.74, 6) is -0.314. The Morgan fingerprint density at radius 1 is 1.11 bits per heavy atom. The zero-order valence-corrected chi connectivity index (χ0v) is 19.2. The molecule has 0 aliphatic heterocycles. The molecule has 35 heavy (non-hydrogen) atoms. The van der Waals surface area contributed by atoms with Gasteiger partial charge in [0.25, 0.3) is 0 Å². The van der Waals surface area contributed by atoms with Crippen molar-refractivity contribution in [1.82, 2.24) is 35.1 Å². The van der Waals surface area contributed by atoms with Gasteiger partial charge in [0.15, 0.2) is 11.6 Å². The number of carbonyl (C=O) groups is 1. The Morgan fingerprint density at radius 2 is 2.00 bits per heavy atom. The van der Waals surface area contributed by atoms with Crippen molar-refractivity contribution in [2.45, 2.75) is 13.3 Å². The van der Waals surface area contributed by atoms with Crippen LogP contribution in [0.1, 0.15) is 13.3 Å². The van der Waals surface area contributed by atoms with Gasteiger partial charge in [-0.25, -0.2) is 9.37 Å². The van der Waals surface area contributed by atoms with Gasteiger partial charge in [0.2, 0.25) is 5.91 Å². The van der Waals surface area contributed by atoms with Crippen LogP contribution in [0.5, 0.6) is 0 Å². The number of rotatable bonds is 5. The van der Waals surface area contributed by atoms with Crippen molar-refractivity contribution in [2.75, 3.05) is 5.32 Å². The minimum atomic E-state index is -0.566. The summed E-state index contributed by atoms with van der Waals surface area (Å²) in [6, 6.07) is 5.61. The number of hydrogen-bond acceptors (Lipinski definition) is 7. The average molecular weight is 485 g/mol. The van der Waals surface area contributed by atoms with Gasteiger partial charge in [0.1, 0.15) is 16.9 Å². The fourth-order valence-electron chi connectivity index (χ4n) is 3.89. The third-order valence-corrected chi connectivity index (χ3v) is 6.47. The molecule has 172 valence electrons. The Hall–Kier alpha value is -4.51. The lowest BCUT2D eigenvalue weighted by atomic mass is 10.1. The number of carbonyl (C=O) groups excluding carboxylic acids is 1. The summed E-state index contributed by atoms with van der Waals surface area (Å²) in [5.41, 5.74) is 4.09. The number of imidazole rings is 1. The van der Waals surface area contributed by atoms with Crippen LogP contribution < -0.4 is 5.32 Å². The van der Waals surface area contributed by atoms with Gasteiger partial charge in [0, 0.05) is 34.8 Å². The lowest BCUT2D eigenvalue weighted by Gasteiger charge is -2.07. The van der Waals surface area contributed by atoms with Gasteiger partial charge in [0.05, 0.1) is 40.7 Å². The maximum atomic E-state index is 15.9. The van der Waals surface area contributed by atoms with E-state index in [9.17, 15) is 4.79 Å². The van der Waals surface area contributed by atoms with Gasteiger partial charge in [-0.05, 0) is 17.5 Å². The first-order chi connectivity index (χ1) is 17.1. The van der Waals surface area contributed by atoms with Gasteiger partial charge in [-0.3, -0.25) is 24.8 Å². The minimum absolute atomic E-state index is 0.0947. The summed E-state index contributed by atoms with van der Waals surface area (Å²) in [5, 5.41) is 12.1. The first kappa shape index (κ1) is 21.1. The van der Waals surface area contributed by atoms with Crippen molar-refractivity contribution >= 4 is 44.9 Å². The molecule has 0 atom stereocenters. The Morgan fingerprint density at radius 3 is 2.83 bits per heavy atom. The summed E-state index contributed by atoms with van der Waals surface area (Å²) >= 11 is 1.59. The number of pyridine rings is 3. The second-order valence-electron chi connectivity index (χ2n) is 7.79. The quantitative estimate of drug-likeness (QED) is 0.310. The number of amides is 1. The number of thiophene rings is 1. The zero-order valence-electron chi connectivity index (χ0n) is 18.3. The predicted molar refractivity (Wildman–Crippen MR) is 132 cm³/mol. The Balaban J connectivity index is 1.48. The molecule has 6 rings (SSSR count). The number of nitrogens with one attached hydrogen (secondary N) is 3. The second-order valence-corrected chi connectivity index (χ2v) is 8.74. The molecular formula is C24H17FN8OS. The molecule has 0 aliphatic carbocycles. The van der Waals surface area contributed by atoms with Crippen molar-refractivity contribution in [2.24, 2.45) is 0 Å². The smallest absolute Gasteiger partial charge is 0.224 e. The van der Waals surface area contributed by atoms with E-state index in [1.165, 1.54) is 18.6 Å². The molecule has 11 heteroatoms. The van der Waals surface area contributed by atoms with Crippen LogP contribution in [0.2, 0.25) is 0 Å². The molecule has 3 N–H and O–H groups in total. The molecule has 0 saturated heterocycles. The number of nitrogens with zero attached hydrogens (tertiary/aromatic N) is 5. The molecule has 6 aromatic rings. The second kappa shape index (κ2) is 8.37. The molecular weight excluding hydrogens is 467 g/mol. The maximum Gasteiger partial charge on any atom is 0.224 e. The largest absolute Gasteiger partial charge is 0.335 e. The molecule has 0 fully saturated rings. The van der Waals surface area contributed by atoms with E-state index in [0.29, 0.717) is 34.7 Å². The van der Waals surface area contributed by atoms with Crippen LogP contribution in [0.4, 0.5) is 10.1 Å². The van der Waals surface area contributed by atoms with Crippen LogP contribution >= 0.6 is 11.3 Å². The molecule has 6 aromatic heterocycles. The third-order valence-electron chi connectivity index (χ3n) is 5.57. The highest BCUT2D eigenvalue weighted by atomic mass is 32.1. The number of aromatic nitrogens is 7. The van der Waals surface area contributed by atoms with Gasteiger partial charge >= 0.3 is 0 Å². The van der Waals surface area contributed by atoms with E-state index < -0.39 is 5.82 Å². The molecule has 0 saturated carbocycles. The van der Waals surface area contributed by atoms with Crippen molar-refractivity contribution in [1.29, 1.82) is 0 Å². The summed E-state index contributed by atoms with van der Waals surface area (Å²) in [7, 11) is 0. The SMILES string of the molecule is CCC(=O)Nc1cncc(-c2ncc3[nH]nc(-c4nc5c(-c6cccs6)cncc5[nH]4)c3c2F)c1. The Labute approximate surface area is 201 Å².